The number of halogens is 3. The molecule has 0 heterocycles. The Bertz CT molecular complexity index is 571. The van der Waals surface area contributed by atoms with E-state index in [1.807, 2.05) is 30.3 Å². The number of hydrogen-bond donors (Lipinski definition) is 1. The van der Waals surface area contributed by atoms with Gasteiger partial charge in [-0.2, -0.15) is 0 Å². The van der Waals surface area contributed by atoms with E-state index in [0.717, 1.165) is 33.6 Å². The summed E-state index contributed by atoms with van der Waals surface area (Å²) in [5.41, 5.74) is 2.13. The summed E-state index contributed by atoms with van der Waals surface area (Å²) in [5.74, 6) is -0.214. The molecule has 0 radical (unpaired) electrons. The lowest BCUT2D eigenvalue weighted by Crippen LogP contribution is -2.23. The van der Waals surface area contributed by atoms with Gasteiger partial charge in [-0.1, -0.05) is 42.8 Å². The van der Waals surface area contributed by atoms with Crippen molar-refractivity contribution in [3.63, 3.8) is 0 Å². The molecule has 4 heteroatoms. The molecular formula is C16H16BrClFN. The van der Waals surface area contributed by atoms with Gasteiger partial charge < -0.3 is 5.32 Å². The molecular weight excluding hydrogens is 341 g/mol. The molecule has 0 spiro atoms. The number of rotatable bonds is 5. The second kappa shape index (κ2) is 7.21. The molecule has 0 bridgehead atoms. The van der Waals surface area contributed by atoms with Crippen LogP contribution in [-0.4, -0.2) is 6.54 Å². The van der Waals surface area contributed by atoms with Crippen LogP contribution in [0.4, 0.5) is 4.39 Å². The molecule has 0 fully saturated rings. The fourth-order valence-corrected chi connectivity index (χ4v) is 2.82. The first-order valence-electron chi connectivity index (χ1n) is 6.53. The van der Waals surface area contributed by atoms with Gasteiger partial charge in [0.1, 0.15) is 5.82 Å². The van der Waals surface area contributed by atoms with E-state index in [-0.39, 0.29) is 11.9 Å². The minimum Gasteiger partial charge on any atom is -0.310 e. The first-order valence-corrected chi connectivity index (χ1v) is 7.70. The number of nitrogens with one attached hydrogen (secondary N) is 1. The molecule has 2 aromatic carbocycles. The summed E-state index contributed by atoms with van der Waals surface area (Å²) in [4.78, 5) is 0. The SMILES string of the molecule is CCNC(Cc1ccc(F)cc1)c1cccc(Br)c1Cl. The zero-order valence-electron chi connectivity index (χ0n) is 11.2. The maximum Gasteiger partial charge on any atom is 0.123 e. The molecule has 2 rings (SSSR count). The maximum atomic E-state index is 13.0. The Morgan fingerprint density at radius 1 is 1.20 bits per heavy atom. The maximum absolute atomic E-state index is 13.0. The van der Waals surface area contributed by atoms with Crippen LogP contribution in [0.3, 0.4) is 0 Å². The Labute approximate surface area is 132 Å². The average Bonchev–Trinajstić information content (AvgIpc) is 2.44. The minimum atomic E-state index is -0.214. The van der Waals surface area contributed by atoms with Gasteiger partial charge >= 0.3 is 0 Å². The fourth-order valence-electron chi connectivity index (χ4n) is 2.18. The van der Waals surface area contributed by atoms with Crippen molar-refractivity contribution in [3.05, 3.63) is 68.9 Å². The zero-order chi connectivity index (χ0) is 14.5. The minimum absolute atomic E-state index is 0.107. The van der Waals surface area contributed by atoms with E-state index in [1.165, 1.54) is 12.1 Å². The van der Waals surface area contributed by atoms with Gasteiger partial charge in [-0.3, -0.25) is 0 Å². The monoisotopic (exact) mass is 355 g/mol. The van der Waals surface area contributed by atoms with Crippen molar-refractivity contribution in [2.75, 3.05) is 6.54 Å². The molecule has 0 amide bonds. The fraction of sp³-hybridized carbons (Fsp3) is 0.250. The van der Waals surface area contributed by atoms with Crippen molar-refractivity contribution in [2.45, 2.75) is 19.4 Å². The van der Waals surface area contributed by atoms with E-state index < -0.39 is 0 Å². The highest BCUT2D eigenvalue weighted by Gasteiger charge is 2.15. The highest BCUT2D eigenvalue weighted by molar-refractivity contribution is 9.10. The van der Waals surface area contributed by atoms with Gasteiger partial charge in [0, 0.05) is 10.5 Å². The molecule has 106 valence electrons. The quantitative estimate of drug-likeness (QED) is 0.782. The molecule has 0 aliphatic heterocycles. The van der Waals surface area contributed by atoms with E-state index in [2.05, 4.69) is 28.2 Å². The van der Waals surface area contributed by atoms with Crippen molar-refractivity contribution in [1.29, 1.82) is 0 Å². The Hall–Kier alpha value is -0.900. The zero-order valence-corrected chi connectivity index (χ0v) is 13.5. The van der Waals surface area contributed by atoms with Gasteiger partial charge in [0.05, 0.1) is 5.02 Å². The van der Waals surface area contributed by atoms with Gasteiger partial charge in [-0.15, -0.1) is 0 Å². The highest BCUT2D eigenvalue weighted by Crippen LogP contribution is 2.31. The molecule has 1 atom stereocenters. The molecule has 0 saturated heterocycles. The third kappa shape index (κ3) is 3.81. The van der Waals surface area contributed by atoms with Crippen LogP contribution in [0.2, 0.25) is 5.02 Å². The van der Waals surface area contributed by atoms with Crippen LogP contribution in [0.1, 0.15) is 24.1 Å². The normalized spacial score (nSPS) is 12.4. The topological polar surface area (TPSA) is 12.0 Å². The van der Waals surface area contributed by atoms with Crippen LogP contribution in [0, 0.1) is 5.82 Å². The van der Waals surface area contributed by atoms with Gasteiger partial charge in [0.15, 0.2) is 0 Å². The summed E-state index contributed by atoms with van der Waals surface area (Å²) in [6.07, 6.45) is 0.768. The van der Waals surface area contributed by atoms with E-state index in [1.54, 1.807) is 0 Å². The first kappa shape index (κ1) is 15.5. The van der Waals surface area contributed by atoms with E-state index in [0.29, 0.717) is 0 Å². The lowest BCUT2D eigenvalue weighted by molar-refractivity contribution is 0.548. The predicted molar refractivity (Wildman–Crippen MR) is 85.7 cm³/mol. The third-order valence-corrected chi connectivity index (χ3v) is 4.47. The third-order valence-electron chi connectivity index (χ3n) is 3.16. The molecule has 1 nitrogen and oxygen atoms in total. The summed E-state index contributed by atoms with van der Waals surface area (Å²) < 4.78 is 13.9. The molecule has 1 N–H and O–H groups in total. The van der Waals surface area contributed by atoms with Gasteiger partial charge in [-0.05, 0) is 58.2 Å². The second-order valence-electron chi connectivity index (χ2n) is 4.58. The van der Waals surface area contributed by atoms with Crippen molar-refractivity contribution in [1.82, 2.24) is 5.32 Å². The first-order chi connectivity index (χ1) is 9.61. The molecule has 2 aromatic rings. The van der Waals surface area contributed by atoms with E-state index in [4.69, 9.17) is 11.6 Å². The predicted octanol–water partition coefficient (Wildman–Crippen LogP) is 5.13. The Morgan fingerprint density at radius 2 is 1.90 bits per heavy atom. The van der Waals surface area contributed by atoms with Crippen molar-refractivity contribution in [2.24, 2.45) is 0 Å². The molecule has 1 unspecified atom stereocenters. The van der Waals surface area contributed by atoms with Crippen LogP contribution in [-0.2, 0) is 6.42 Å². The average molecular weight is 357 g/mol. The van der Waals surface area contributed by atoms with Gasteiger partial charge in [0.25, 0.3) is 0 Å². The number of likely N-dealkylation sites (N-methyl/N-ethyl adjacent to an activating group) is 1. The summed E-state index contributed by atoms with van der Waals surface area (Å²) in [6, 6.07) is 12.6. The van der Waals surface area contributed by atoms with Crippen LogP contribution >= 0.6 is 27.5 Å². The smallest absolute Gasteiger partial charge is 0.123 e. The Morgan fingerprint density at radius 3 is 2.55 bits per heavy atom. The lowest BCUT2D eigenvalue weighted by Gasteiger charge is -2.20. The lowest BCUT2D eigenvalue weighted by atomic mass is 9.98. The van der Waals surface area contributed by atoms with Crippen LogP contribution in [0.25, 0.3) is 0 Å². The Kier molecular flexibility index (Phi) is 5.58. The summed E-state index contributed by atoms with van der Waals surface area (Å²) in [7, 11) is 0. The van der Waals surface area contributed by atoms with Crippen molar-refractivity contribution < 1.29 is 4.39 Å². The Balaban J connectivity index is 2.26. The molecule has 0 aromatic heterocycles. The highest BCUT2D eigenvalue weighted by atomic mass is 79.9. The number of hydrogen-bond acceptors (Lipinski definition) is 1. The van der Waals surface area contributed by atoms with Gasteiger partial charge in [-0.25, -0.2) is 4.39 Å². The summed E-state index contributed by atoms with van der Waals surface area (Å²) in [5, 5.41) is 4.15. The standard InChI is InChI=1S/C16H16BrClFN/c1-2-20-15(10-11-6-8-12(19)9-7-11)13-4-3-5-14(17)16(13)18/h3-9,15,20H,2,10H2,1H3. The van der Waals surface area contributed by atoms with Crippen molar-refractivity contribution >= 4 is 27.5 Å². The van der Waals surface area contributed by atoms with Crippen LogP contribution < -0.4 is 5.32 Å². The van der Waals surface area contributed by atoms with E-state index in [9.17, 15) is 4.39 Å². The van der Waals surface area contributed by atoms with E-state index >= 15 is 0 Å². The van der Waals surface area contributed by atoms with Gasteiger partial charge in [0.2, 0.25) is 0 Å². The largest absolute Gasteiger partial charge is 0.310 e. The molecule has 0 saturated carbocycles. The number of benzene rings is 2. The molecule has 0 aliphatic carbocycles. The summed E-state index contributed by atoms with van der Waals surface area (Å²) >= 11 is 9.82. The van der Waals surface area contributed by atoms with Crippen LogP contribution in [0.15, 0.2) is 46.9 Å². The summed E-state index contributed by atoms with van der Waals surface area (Å²) in [6.45, 7) is 2.90. The van der Waals surface area contributed by atoms with Crippen LogP contribution in [0.5, 0.6) is 0 Å². The van der Waals surface area contributed by atoms with Crippen molar-refractivity contribution in [3.8, 4) is 0 Å². The molecule has 20 heavy (non-hydrogen) atoms. The second-order valence-corrected chi connectivity index (χ2v) is 5.82. The molecule has 0 aliphatic rings.